The summed E-state index contributed by atoms with van der Waals surface area (Å²) in [4.78, 5) is 12.6. The molecule has 0 unspecified atom stereocenters. The molecule has 6 nitrogen and oxygen atoms in total. The van der Waals surface area contributed by atoms with Gasteiger partial charge < -0.3 is 14.8 Å². The molecule has 174 valence electrons. The molecule has 32 heavy (non-hydrogen) atoms. The number of amides is 1. The number of nitrogens with one attached hydrogen (secondary N) is 1. The molecule has 0 radical (unpaired) electrons. The third-order valence-electron chi connectivity index (χ3n) is 6.25. The molecular weight excluding hydrogens is 422 g/mol. The molecule has 2 aromatic rings. The van der Waals surface area contributed by atoms with Gasteiger partial charge in [0.1, 0.15) is 11.6 Å². The van der Waals surface area contributed by atoms with Gasteiger partial charge in [0.15, 0.2) is 0 Å². The number of rotatable bonds is 7. The van der Waals surface area contributed by atoms with Crippen LogP contribution in [0.25, 0.3) is 0 Å². The van der Waals surface area contributed by atoms with Gasteiger partial charge in [-0.3, -0.25) is 4.79 Å². The van der Waals surface area contributed by atoms with Crippen molar-refractivity contribution in [3.63, 3.8) is 0 Å². The fourth-order valence-electron chi connectivity index (χ4n) is 4.63. The Kier molecular flexibility index (Phi) is 7.15. The molecule has 4 rings (SSSR count). The largest absolute Gasteiger partial charge is 0.494 e. The summed E-state index contributed by atoms with van der Waals surface area (Å²) < 4.78 is 13.9. The third-order valence-corrected chi connectivity index (χ3v) is 7.52. The van der Waals surface area contributed by atoms with Crippen LogP contribution in [0.3, 0.4) is 0 Å². The number of hydrogen-bond acceptors (Lipinski definition) is 5. The molecule has 3 heterocycles. The van der Waals surface area contributed by atoms with Crippen LogP contribution in [-0.4, -0.2) is 40.3 Å². The van der Waals surface area contributed by atoms with Crippen LogP contribution in [0, 0.1) is 6.92 Å². The average Bonchev–Trinajstić information content (AvgIpc) is 2.96. The number of nitrogens with zero attached hydrogens (tertiary/aromatic N) is 2. The molecule has 0 aliphatic carbocycles. The molecule has 1 N–H and O–H groups in total. The molecule has 2 aliphatic heterocycles. The normalized spacial score (nSPS) is 22.7. The van der Waals surface area contributed by atoms with E-state index in [9.17, 15) is 4.79 Å². The zero-order valence-corrected chi connectivity index (χ0v) is 20.5. The van der Waals surface area contributed by atoms with Crippen molar-refractivity contribution in [3.05, 3.63) is 41.1 Å². The highest BCUT2D eigenvalue weighted by Gasteiger charge is 2.36. The Hall–Kier alpha value is -1.99. The number of fused-ring (bicyclic) bond motifs is 1. The number of carbonyl (C=O) groups is 1. The highest BCUT2D eigenvalue weighted by molar-refractivity contribution is 8.00. The maximum Gasteiger partial charge on any atom is 0.235 e. The van der Waals surface area contributed by atoms with Crippen molar-refractivity contribution >= 4 is 23.5 Å². The summed E-state index contributed by atoms with van der Waals surface area (Å²) in [5.41, 5.74) is 3.07. The number of aryl methyl sites for hydroxylation is 1. The lowest BCUT2D eigenvalue weighted by Crippen LogP contribution is -2.36. The van der Waals surface area contributed by atoms with Gasteiger partial charge in [0.2, 0.25) is 5.91 Å². The SMILES string of the molecule is CCCCCOc1ccc([C@@H]2SCC(=O)Nc3c2c(C)nn3[C@@H]2CCOC(C)(C)C2)cc1. The topological polar surface area (TPSA) is 65.4 Å². The number of ether oxygens (including phenoxy) is 2. The van der Waals surface area contributed by atoms with E-state index < -0.39 is 0 Å². The predicted molar refractivity (Wildman–Crippen MR) is 130 cm³/mol. The summed E-state index contributed by atoms with van der Waals surface area (Å²) in [6, 6.07) is 8.55. The zero-order valence-electron chi connectivity index (χ0n) is 19.6. The fraction of sp³-hybridized carbons (Fsp3) is 0.600. The number of benzene rings is 1. The minimum absolute atomic E-state index is 0.0297. The van der Waals surface area contributed by atoms with E-state index in [0.717, 1.165) is 48.7 Å². The van der Waals surface area contributed by atoms with Crippen molar-refractivity contribution in [2.45, 2.75) is 76.7 Å². The second-order valence-corrected chi connectivity index (χ2v) is 10.5. The number of hydrogen-bond donors (Lipinski definition) is 1. The molecule has 1 aromatic heterocycles. The molecule has 2 aliphatic rings. The van der Waals surface area contributed by atoms with Gasteiger partial charge in [0, 0.05) is 12.2 Å². The number of carbonyl (C=O) groups excluding carboxylic acids is 1. The third kappa shape index (κ3) is 5.15. The van der Waals surface area contributed by atoms with Crippen molar-refractivity contribution in [3.8, 4) is 5.75 Å². The number of anilines is 1. The quantitative estimate of drug-likeness (QED) is 0.543. The van der Waals surface area contributed by atoms with Crippen LogP contribution in [0.15, 0.2) is 24.3 Å². The van der Waals surface area contributed by atoms with E-state index in [1.165, 1.54) is 18.4 Å². The van der Waals surface area contributed by atoms with Crippen molar-refractivity contribution in [2.24, 2.45) is 0 Å². The Morgan fingerprint density at radius 2 is 2.06 bits per heavy atom. The van der Waals surface area contributed by atoms with Gasteiger partial charge in [0.25, 0.3) is 0 Å². The van der Waals surface area contributed by atoms with Gasteiger partial charge in [-0.05, 0) is 57.7 Å². The zero-order chi connectivity index (χ0) is 22.7. The van der Waals surface area contributed by atoms with E-state index in [4.69, 9.17) is 14.6 Å². The number of aromatic nitrogens is 2. The lowest BCUT2D eigenvalue weighted by molar-refractivity contribution is -0.113. The van der Waals surface area contributed by atoms with Crippen molar-refractivity contribution in [2.75, 3.05) is 24.3 Å². The highest BCUT2D eigenvalue weighted by Crippen LogP contribution is 2.45. The Morgan fingerprint density at radius 1 is 1.28 bits per heavy atom. The standard InChI is InChI=1S/C25H35N3O3S/c1-5-6-7-13-30-20-10-8-18(9-11-20)23-22-17(2)27-28(24(22)26-21(29)16-32-23)19-12-14-31-25(3,4)15-19/h8-11,19,23H,5-7,12-16H2,1-4H3,(H,26,29)/t19-,23+/m1/s1. The maximum atomic E-state index is 12.6. The first-order chi connectivity index (χ1) is 15.4. The Bertz CT molecular complexity index is 939. The molecule has 0 saturated carbocycles. The number of thioether (sulfide) groups is 1. The molecule has 1 saturated heterocycles. The maximum absolute atomic E-state index is 12.6. The van der Waals surface area contributed by atoms with E-state index in [1.54, 1.807) is 11.8 Å². The second-order valence-electron chi connectivity index (χ2n) is 9.41. The van der Waals surface area contributed by atoms with Gasteiger partial charge in [-0.1, -0.05) is 31.9 Å². The van der Waals surface area contributed by atoms with E-state index in [2.05, 4.69) is 49.8 Å². The summed E-state index contributed by atoms with van der Waals surface area (Å²) in [5.74, 6) is 2.20. The summed E-state index contributed by atoms with van der Waals surface area (Å²) in [5, 5.41) is 8.14. The molecule has 0 spiro atoms. The van der Waals surface area contributed by atoms with Crippen LogP contribution in [-0.2, 0) is 9.53 Å². The molecule has 7 heteroatoms. The minimum atomic E-state index is -0.189. The summed E-state index contributed by atoms with van der Waals surface area (Å²) in [7, 11) is 0. The molecule has 1 aromatic carbocycles. The molecule has 1 amide bonds. The minimum Gasteiger partial charge on any atom is -0.494 e. The van der Waals surface area contributed by atoms with Gasteiger partial charge in [-0.2, -0.15) is 5.10 Å². The fourth-order valence-corrected chi connectivity index (χ4v) is 5.81. The monoisotopic (exact) mass is 457 g/mol. The predicted octanol–water partition coefficient (Wildman–Crippen LogP) is 5.67. The average molecular weight is 458 g/mol. The molecular formula is C25H35N3O3S. The van der Waals surface area contributed by atoms with Crippen LogP contribution in [0.2, 0.25) is 0 Å². The summed E-state index contributed by atoms with van der Waals surface area (Å²) in [6.07, 6.45) is 5.23. The van der Waals surface area contributed by atoms with E-state index >= 15 is 0 Å². The summed E-state index contributed by atoms with van der Waals surface area (Å²) in [6.45, 7) is 9.95. The Morgan fingerprint density at radius 3 is 2.78 bits per heavy atom. The van der Waals surface area contributed by atoms with Crippen LogP contribution in [0.1, 0.15) is 81.0 Å². The van der Waals surface area contributed by atoms with Gasteiger partial charge >= 0.3 is 0 Å². The highest BCUT2D eigenvalue weighted by atomic mass is 32.2. The first-order valence-electron chi connectivity index (χ1n) is 11.7. The second kappa shape index (κ2) is 9.87. The number of unbranched alkanes of at least 4 members (excludes halogenated alkanes) is 2. The van der Waals surface area contributed by atoms with Gasteiger partial charge in [-0.15, -0.1) is 11.8 Å². The molecule has 2 atom stereocenters. The summed E-state index contributed by atoms with van der Waals surface area (Å²) >= 11 is 1.66. The van der Waals surface area contributed by atoms with E-state index in [-0.39, 0.29) is 22.8 Å². The Balaban J connectivity index is 1.61. The van der Waals surface area contributed by atoms with Crippen molar-refractivity contribution < 1.29 is 14.3 Å². The van der Waals surface area contributed by atoms with Crippen LogP contribution in [0.4, 0.5) is 5.82 Å². The molecule has 0 bridgehead atoms. The lowest BCUT2D eigenvalue weighted by Gasteiger charge is -2.36. The van der Waals surface area contributed by atoms with Crippen LogP contribution >= 0.6 is 11.8 Å². The van der Waals surface area contributed by atoms with Gasteiger partial charge in [-0.25, -0.2) is 4.68 Å². The van der Waals surface area contributed by atoms with E-state index in [0.29, 0.717) is 12.4 Å². The first kappa shape index (κ1) is 23.2. The smallest absolute Gasteiger partial charge is 0.235 e. The lowest BCUT2D eigenvalue weighted by atomic mass is 9.94. The van der Waals surface area contributed by atoms with Crippen molar-refractivity contribution in [1.82, 2.24) is 9.78 Å². The van der Waals surface area contributed by atoms with E-state index in [1.807, 2.05) is 12.1 Å². The Labute approximate surface area is 195 Å². The van der Waals surface area contributed by atoms with Gasteiger partial charge in [0.05, 0.1) is 34.9 Å². The van der Waals surface area contributed by atoms with Crippen LogP contribution < -0.4 is 10.1 Å². The van der Waals surface area contributed by atoms with Crippen LogP contribution in [0.5, 0.6) is 5.75 Å². The van der Waals surface area contributed by atoms with Crippen molar-refractivity contribution in [1.29, 1.82) is 0 Å². The first-order valence-corrected chi connectivity index (χ1v) is 12.8. The molecule has 1 fully saturated rings.